The number of H-pyrrole nitrogens is 1. The van der Waals surface area contributed by atoms with Crippen LogP contribution in [0.15, 0.2) is 41.1 Å². The molecule has 27 heavy (non-hydrogen) atoms. The van der Waals surface area contributed by atoms with Gasteiger partial charge in [-0.3, -0.25) is 5.10 Å². The smallest absolute Gasteiger partial charge is 0.408 e. The third-order valence-corrected chi connectivity index (χ3v) is 3.54. The molecule has 0 aliphatic heterocycles. The van der Waals surface area contributed by atoms with E-state index in [4.69, 9.17) is 14.0 Å². The molecule has 1 aromatic carbocycles. The number of benzene rings is 1. The van der Waals surface area contributed by atoms with Gasteiger partial charge in [0.15, 0.2) is 5.82 Å². The molecule has 0 aliphatic rings. The molecule has 1 atom stereocenters. The number of alkyl carbamates (subject to hydrolysis) is 1. The molecule has 2 heterocycles. The first-order chi connectivity index (χ1) is 12.9. The van der Waals surface area contributed by atoms with E-state index in [1.807, 2.05) is 12.1 Å². The summed E-state index contributed by atoms with van der Waals surface area (Å²) in [5.74, 6) is 1.25. The number of aromatic nitrogens is 4. The molecule has 9 heteroatoms. The molecule has 3 rings (SSSR count). The molecule has 0 bridgehead atoms. The molecule has 0 radical (unpaired) electrons. The number of carbonyl (C=O) groups excluding carboxylic acids is 1. The van der Waals surface area contributed by atoms with Crippen molar-refractivity contribution >= 4 is 6.09 Å². The summed E-state index contributed by atoms with van der Waals surface area (Å²) in [6.07, 6.45) is 0.996. The van der Waals surface area contributed by atoms with Crippen LogP contribution < -0.4 is 10.1 Å². The van der Waals surface area contributed by atoms with Crippen LogP contribution in [0.4, 0.5) is 4.79 Å². The van der Waals surface area contributed by atoms with Crippen LogP contribution in [0.5, 0.6) is 5.75 Å². The lowest BCUT2D eigenvalue weighted by Crippen LogP contribution is -2.35. The lowest BCUT2D eigenvalue weighted by Gasteiger charge is -2.22. The zero-order chi connectivity index (χ0) is 19.4. The first-order valence-electron chi connectivity index (χ1n) is 8.32. The molecule has 2 N–H and O–H groups in total. The number of ether oxygens (including phenoxy) is 2. The van der Waals surface area contributed by atoms with E-state index < -0.39 is 17.7 Å². The summed E-state index contributed by atoms with van der Waals surface area (Å²) < 4.78 is 15.8. The SMILES string of the molecule is COc1ccc(C(NC(=O)OC(C)(C)C)c2noc(-c3ccn[nH]3)n2)cc1. The second-order valence-corrected chi connectivity index (χ2v) is 6.78. The van der Waals surface area contributed by atoms with Crippen molar-refractivity contribution in [2.75, 3.05) is 7.11 Å². The maximum atomic E-state index is 12.3. The molecule has 142 valence electrons. The highest BCUT2D eigenvalue weighted by molar-refractivity contribution is 5.69. The molecule has 0 fully saturated rings. The number of carbonyl (C=O) groups is 1. The summed E-state index contributed by atoms with van der Waals surface area (Å²) in [7, 11) is 1.58. The van der Waals surface area contributed by atoms with Crippen LogP contribution in [0, 0.1) is 0 Å². The Bertz CT molecular complexity index is 881. The Morgan fingerprint density at radius 3 is 2.56 bits per heavy atom. The van der Waals surface area contributed by atoms with Crippen LogP contribution >= 0.6 is 0 Å². The predicted molar refractivity (Wildman–Crippen MR) is 96.1 cm³/mol. The van der Waals surface area contributed by atoms with Gasteiger partial charge < -0.3 is 19.3 Å². The summed E-state index contributed by atoms with van der Waals surface area (Å²) in [5.41, 5.74) is 0.700. The average Bonchev–Trinajstić information content (AvgIpc) is 3.29. The Labute approximate surface area is 156 Å². The summed E-state index contributed by atoms with van der Waals surface area (Å²) in [5, 5.41) is 13.4. The molecular formula is C18H21N5O4. The molecule has 0 spiro atoms. The minimum Gasteiger partial charge on any atom is -0.497 e. The lowest BCUT2D eigenvalue weighted by molar-refractivity contribution is 0.0510. The minimum absolute atomic E-state index is 0.270. The number of rotatable bonds is 5. The summed E-state index contributed by atoms with van der Waals surface area (Å²) >= 11 is 0. The minimum atomic E-state index is -0.661. The van der Waals surface area contributed by atoms with E-state index in [-0.39, 0.29) is 11.7 Å². The standard InChI is InChI=1S/C18H21N5O4/c1-18(2,3)26-17(24)20-14(11-5-7-12(25-4)8-6-11)15-21-16(27-23-15)13-9-10-19-22-13/h5-10,14H,1-4H3,(H,19,22)(H,20,24). The Morgan fingerprint density at radius 2 is 1.96 bits per heavy atom. The monoisotopic (exact) mass is 371 g/mol. The molecule has 0 saturated heterocycles. The fourth-order valence-corrected chi connectivity index (χ4v) is 2.36. The molecule has 9 nitrogen and oxygen atoms in total. The summed E-state index contributed by atoms with van der Waals surface area (Å²) in [6.45, 7) is 5.37. The van der Waals surface area contributed by atoms with Gasteiger partial charge in [-0.2, -0.15) is 10.1 Å². The van der Waals surface area contributed by atoms with Gasteiger partial charge in [0.2, 0.25) is 0 Å². The molecule has 2 aromatic heterocycles. The predicted octanol–water partition coefficient (Wildman–Crippen LogP) is 3.08. The molecule has 0 aliphatic carbocycles. The van der Waals surface area contributed by atoms with Gasteiger partial charge in [-0.1, -0.05) is 17.3 Å². The Kier molecular flexibility index (Phi) is 5.11. The summed E-state index contributed by atoms with van der Waals surface area (Å²) in [4.78, 5) is 16.7. The highest BCUT2D eigenvalue weighted by atomic mass is 16.6. The normalized spacial score (nSPS) is 12.4. The largest absolute Gasteiger partial charge is 0.497 e. The highest BCUT2D eigenvalue weighted by Crippen LogP contribution is 2.25. The van der Waals surface area contributed by atoms with Crippen LogP contribution in [0.2, 0.25) is 0 Å². The van der Waals surface area contributed by atoms with Crippen molar-refractivity contribution in [2.45, 2.75) is 32.4 Å². The highest BCUT2D eigenvalue weighted by Gasteiger charge is 2.26. The molecule has 1 amide bonds. The zero-order valence-electron chi connectivity index (χ0n) is 15.5. The van der Waals surface area contributed by atoms with Crippen molar-refractivity contribution in [2.24, 2.45) is 0 Å². The molecule has 0 saturated carbocycles. The lowest BCUT2D eigenvalue weighted by atomic mass is 10.1. The van der Waals surface area contributed by atoms with Crippen molar-refractivity contribution in [3.63, 3.8) is 0 Å². The number of hydrogen-bond acceptors (Lipinski definition) is 7. The molecule has 1 unspecified atom stereocenters. The van der Waals surface area contributed by atoms with Crippen molar-refractivity contribution in [1.29, 1.82) is 0 Å². The van der Waals surface area contributed by atoms with Crippen LogP contribution in [0.3, 0.4) is 0 Å². The number of amides is 1. The third-order valence-electron chi connectivity index (χ3n) is 3.54. The first kappa shape index (κ1) is 18.4. The van der Waals surface area contributed by atoms with E-state index in [9.17, 15) is 4.79 Å². The second-order valence-electron chi connectivity index (χ2n) is 6.78. The molecule has 3 aromatic rings. The van der Waals surface area contributed by atoms with Crippen LogP contribution in [-0.4, -0.2) is 39.1 Å². The fraction of sp³-hybridized carbons (Fsp3) is 0.333. The van der Waals surface area contributed by atoms with Crippen LogP contribution in [0.25, 0.3) is 11.6 Å². The van der Waals surface area contributed by atoms with E-state index in [0.717, 1.165) is 5.56 Å². The van der Waals surface area contributed by atoms with Gasteiger partial charge in [0.1, 0.15) is 23.1 Å². The fourth-order valence-electron chi connectivity index (χ4n) is 2.36. The topological polar surface area (TPSA) is 115 Å². The van der Waals surface area contributed by atoms with Crippen molar-refractivity contribution < 1.29 is 18.8 Å². The van der Waals surface area contributed by atoms with Crippen LogP contribution in [0.1, 0.15) is 38.2 Å². The van der Waals surface area contributed by atoms with E-state index >= 15 is 0 Å². The van der Waals surface area contributed by atoms with E-state index in [2.05, 4.69) is 25.7 Å². The maximum absolute atomic E-state index is 12.3. The average molecular weight is 371 g/mol. The van der Waals surface area contributed by atoms with Crippen molar-refractivity contribution in [3.05, 3.63) is 47.9 Å². The Morgan fingerprint density at radius 1 is 1.22 bits per heavy atom. The zero-order valence-corrected chi connectivity index (χ0v) is 15.5. The number of nitrogens with zero attached hydrogens (tertiary/aromatic N) is 3. The Hall–Kier alpha value is -3.36. The van der Waals surface area contributed by atoms with Gasteiger partial charge in [-0.05, 0) is 44.5 Å². The Balaban J connectivity index is 1.90. The van der Waals surface area contributed by atoms with E-state index in [1.165, 1.54) is 0 Å². The number of aromatic amines is 1. The first-order valence-corrected chi connectivity index (χ1v) is 8.32. The van der Waals surface area contributed by atoms with E-state index in [1.54, 1.807) is 52.3 Å². The summed E-state index contributed by atoms with van der Waals surface area (Å²) in [6, 6.07) is 8.25. The number of hydrogen-bond donors (Lipinski definition) is 2. The van der Waals surface area contributed by atoms with Gasteiger partial charge >= 0.3 is 6.09 Å². The van der Waals surface area contributed by atoms with Crippen LogP contribution in [-0.2, 0) is 4.74 Å². The van der Waals surface area contributed by atoms with Crippen molar-refractivity contribution in [1.82, 2.24) is 25.7 Å². The van der Waals surface area contributed by atoms with Gasteiger partial charge in [0, 0.05) is 6.20 Å². The van der Waals surface area contributed by atoms with Gasteiger partial charge in [0.05, 0.1) is 7.11 Å². The maximum Gasteiger partial charge on any atom is 0.408 e. The van der Waals surface area contributed by atoms with Gasteiger partial charge in [-0.15, -0.1) is 0 Å². The number of nitrogens with one attached hydrogen (secondary N) is 2. The third kappa shape index (κ3) is 4.63. The second kappa shape index (κ2) is 7.48. The van der Waals surface area contributed by atoms with Gasteiger partial charge in [0.25, 0.3) is 5.89 Å². The van der Waals surface area contributed by atoms with Crippen molar-refractivity contribution in [3.8, 4) is 17.3 Å². The van der Waals surface area contributed by atoms with E-state index in [0.29, 0.717) is 11.4 Å². The number of methoxy groups -OCH3 is 1. The van der Waals surface area contributed by atoms with Gasteiger partial charge in [-0.25, -0.2) is 4.79 Å². The quantitative estimate of drug-likeness (QED) is 0.708. The molecular weight excluding hydrogens is 350 g/mol.